The molecular formula is C40H52N2O5S. The van der Waals surface area contributed by atoms with Crippen LogP contribution < -0.4 is 9.47 Å². The van der Waals surface area contributed by atoms with Crippen molar-refractivity contribution >= 4 is 28.2 Å². The Balaban J connectivity index is 1.24. The van der Waals surface area contributed by atoms with Crippen LogP contribution in [0, 0.1) is 0 Å². The molecule has 1 fully saturated rings. The van der Waals surface area contributed by atoms with E-state index in [2.05, 4.69) is 84.6 Å². The second-order valence-corrected chi connectivity index (χ2v) is 14.5. The van der Waals surface area contributed by atoms with Gasteiger partial charge in [-0.3, -0.25) is 9.69 Å². The Hall–Kier alpha value is -3.30. The lowest BCUT2D eigenvalue weighted by molar-refractivity contribution is -0.127. The summed E-state index contributed by atoms with van der Waals surface area (Å²) in [6, 6.07) is 25.6. The number of nitrogens with zero attached hydrogens (tertiary/aromatic N) is 2. The summed E-state index contributed by atoms with van der Waals surface area (Å²) in [5.74, 6) is 2.27. The third-order valence-electron chi connectivity index (χ3n) is 9.22. The summed E-state index contributed by atoms with van der Waals surface area (Å²) in [5.41, 5.74) is 7.48. The maximum atomic E-state index is 12.5. The molecule has 1 aliphatic carbocycles. The second kappa shape index (κ2) is 18.5. The summed E-state index contributed by atoms with van der Waals surface area (Å²) in [6.45, 7) is 5.44. The molecule has 0 N–H and O–H groups in total. The summed E-state index contributed by atoms with van der Waals surface area (Å²) in [6.07, 6.45) is 7.95. The first-order chi connectivity index (χ1) is 23.4. The first-order valence-corrected chi connectivity index (χ1v) is 19.1. The average Bonchev–Trinajstić information content (AvgIpc) is 3.31. The van der Waals surface area contributed by atoms with Crippen LogP contribution in [-0.2, 0) is 27.1 Å². The maximum Gasteiger partial charge on any atom is 0.272 e. The van der Waals surface area contributed by atoms with Gasteiger partial charge in [0, 0.05) is 38.7 Å². The van der Waals surface area contributed by atoms with Gasteiger partial charge in [-0.15, -0.1) is 0 Å². The third-order valence-corrected chi connectivity index (χ3v) is 10.4. The summed E-state index contributed by atoms with van der Waals surface area (Å²) in [7, 11) is 3.79. The van der Waals surface area contributed by atoms with Crippen molar-refractivity contribution in [1.82, 2.24) is 9.80 Å². The highest BCUT2D eigenvalue weighted by molar-refractivity contribution is 7.92. The number of carbonyl (C=O) groups is 1. The van der Waals surface area contributed by atoms with Gasteiger partial charge in [-0.1, -0.05) is 67.9 Å². The monoisotopic (exact) mass is 672 g/mol. The minimum absolute atomic E-state index is 0.0435. The van der Waals surface area contributed by atoms with E-state index < -0.39 is 11.2 Å². The highest BCUT2D eigenvalue weighted by atomic mass is 32.2. The van der Waals surface area contributed by atoms with Crippen LogP contribution in [0.2, 0.25) is 0 Å². The number of hydrogen-bond donors (Lipinski definition) is 0. The zero-order chi connectivity index (χ0) is 33.7. The number of benzene rings is 3. The second-order valence-electron chi connectivity index (χ2n) is 12.9. The van der Waals surface area contributed by atoms with Crippen molar-refractivity contribution in [2.75, 3.05) is 58.4 Å². The van der Waals surface area contributed by atoms with E-state index in [-0.39, 0.29) is 18.0 Å². The molecule has 5 rings (SSSR count). The molecule has 1 saturated heterocycles. The number of allylic oxidation sites excluding steroid dienone is 1. The van der Waals surface area contributed by atoms with Crippen molar-refractivity contribution in [2.45, 2.75) is 64.6 Å². The number of likely N-dealkylation sites (N-methyl/N-ethyl adjacent to an activating group) is 1. The third kappa shape index (κ3) is 10.1. The molecule has 1 heterocycles. The van der Waals surface area contributed by atoms with Gasteiger partial charge in [0.05, 0.1) is 6.61 Å². The first kappa shape index (κ1) is 36.0. The number of unbranched alkanes of at least 4 members (excludes halogenated alkanes) is 1. The van der Waals surface area contributed by atoms with Crippen molar-refractivity contribution in [1.29, 1.82) is 0 Å². The van der Waals surface area contributed by atoms with Gasteiger partial charge in [0.15, 0.2) is 12.0 Å². The summed E-state index contributed by atoms with van der Waals surface area (Å²) >= 11 is -1.17. The van der Waals surface area contributed by atoms with Crippen LogP contribution >= 0.6 is 0 Å². The van der Waals surface area contributed by atoms with Crippen LogP contribution in [0.1, 0.15) is 74.1 Å². The number of amides is 1. The van der Waals surface area contributed by atoms with E-state index in [1.54, 1.807) is 11.9 Å². The molecule has 3 aromatic rings. The molecule has 2 aliphatic rings. The zero-order valence-electron chi connectivity index (χ0n) is 29.0. The molecule has 0 aromatic heterocycles. The quantitative estimate of drug-likeness (QED) is 0.150. The Bertz CT molecular complexity index is 1470. The summed E-state index contributed by atoms with van der Waals surface area (Å²) in [4.78, 5) is 16.1. The molecule has 8 heteroatoms. The predicted octanol–water partition coefficient (Wildman–Crippen LogP) is 7.21. The van der Waals surface area contributed by atoms with Crippen LogP contribution in [0.15, 0.2) is 72.8 Å². The van der Waals surface area contributed by atoms with Gasteiger partial charge in [0.25, 0.3) is 5.91 Å². The van der Waals surface area contributed by atoms with Crippen molar-refractivity contribution in [3.05, 3.63) is 95.1 Å². The van der Waals surface area contributed by atoms with E-state index in [9.17, 15) is 9.35 Å². The molecule has 7 nitrogen and oxygen atoms in total. The molecule has 3 aromatic carbocycles. The Labute approximate surface area is 290 Å². The lowest BCUT2D eigenvalue weighted by atomic mass is 9.87. The van der Waals surface area contributed by atoms with Crippen molar-refractivity contribution in [3.8, 4) is 11.5 Å². The molecule has 2 atom stereocenters. The summed E-state index contributed by atoms with van der Waals surface area (Å²) in [5, 5.41) is 0. The van der Waals surface area contributed by atoms with Crippen LogP contribution in [0.5, 0.6) is 11.5 Å². The predicted molar refractivity (Wildman–Crippen MR) is 196 cm³/mol. The number of carbonyl (C=O) groups excluding carboxylic acids is 1. The fourth-order valence-corrected chi connectivity index (χ4v) is 7.50. The lowest BCUT2D eigenvalue weighted by Gasteiger charge is -2.25. The van der Waals surface area contributed by atoms with Crippen molar-refractivity contribution in [2.24, 2.45) is 0 Å². The fraction of sp³-hybridized carbons (Fsp3) is 0.475. The number of ether oxygens (including phenoxy) is 3. The molecule has 48 heavy (non-hydrogen) atoms. The van der Waals surface area contributed by atoms with Gasteiger partial charge < -0.3 is 23.7 Å². The van der Waals surface area contributed by atoms with E-state index in [0.29, 0.717) is 25.4 Å². The topological polar surface area (TPSA) is 74.3 Å². The van der Waals surface area contributed by atoms with Crippen molar-refractivity contribution in [3.63, 3.8) is 0 Å². The van der Waals surface area contributed by atoms with Crippen LogP contribution in [0.25, 0.3) is 11.1 Å². The molecule has 0 bridgehead atoms. The highest BCUT2D eigenvalue weighted by Gasteiger charge is 2.25. The Morgan fingerprint density at radius 2 is 1.73 bits per heavy atom. The zero-order valence-corrected chi connectivity index (χ0v) is 29.8. The Kier molecular flexibility index (Phi) is 13.8. The van der Waals surface area contributed by atoms with Crippen LogP contribution in [-0.4, -0.2) is 85.0 Å². The van der Waals surface area contributed by atoms with Gasteiger partial charge in [-0.2, -0.15) is 0 Å². The van der Waals surface area contributed by atoms with Gasteiger partial charge >= 0.3 is 0 Å². The van der Waals surface area contributed by atoms with E-state index in [1.165, 1.54) is 27.8 Å². The first-order valence-electron chi connectivity index (χ1n) is 17.6. The van der Waals surface area contributed by atoms with E-state index >= 15 is 0 Å². The summed E-state index contributed by atoms with van der Waals surface area (Å²) < 4.78 is 31.1. The molecule has 258 valence electrons. The van der Waals surface area contributed by atoms with Crippen LogP contribution in [0.3, 0.4) is 0 Å². The maximum absolute atomic E-state index is 12.5. The fourth-order valence-electron chi connectivity index (χ4n) is 6.35. The smallest absolute Gasteiger partial charge is 0.272 e. The van der Waals surface area contributed by atoms with Crippen LogP contribution in [0.4, 0.5) is 0 Å². The van der Waals surface area contributed by atoms with Crippen molar-refractivity contribution < 1.29 is 23.6 Å². The lowest BCUT2D eigenvalue weighted by Crippen LogP contribution is -2.36. The normalized spacial score (nSPS) is 17.1. The molecule has 1 aliphatic heterocycles. The Morgan fingerprint density at radius 3 is 2.48 bits per heavy atom. The number of rotatable bonds is 16. The molecule has 1 amide bonds. The highest BCUT2D eigenvalue weighted by Crippen LogP contribution is 2.43. The molecule has 2 unspecified atom stereocenters. The molecule has 0 radical (unpaired) electrons. The van der Waals surface area contributed by atoms with Gasteiger partial charge in [0.1, 0.15) is 23.9 Å². The van der Waals surface area contributed by atoms with E-state index in [1.807, 2.05) is 7.05 Å². The average molecular weight is 673 g/mol. The van der Waals surface area contributed by atoms with E-state index in [4.69, 9.17) is 14.2 Å². The molecule has 0 saturated carbocycles. The number of hydrogen-bond acceptors (Lipinski definition) is 6. The largest absolute Gasteiger partial charge is 0.616 e. The molecular weight excluding hydrogens is 621 g/mol. The minimum atomic E-state index is -1.17. The SMILES string of the molecule is CCCCN(C)C(=O)C[S+]([O-])CCN(C)CCOc1ccc(C2=C(c3ccccc3)CCCc3c(OC4CCCCO4)cccc32)cc1. The Morgan fingerprint density at radius 1 is 0.917 bits per heavy atom. The minimum Gasteiger partial charge on any atom is -0.616 e. The van der Waals surface area contributed by atoms with Gasteiger partial charge in [-0.25, -0.2) is 0 Å². The number of fused-ring (bicyclic) bond motifs is 1. The van der Waals surface area contributed by atoms with Gasteiger partial charge in [-0.05, 0) is 103 Å². The standard InChI is InChI=1S/C40H52N2O5S/c1-4-5-24-42(3)38(43)30-48(44)29-26-41(2)25-28-45-33-22-20-32(21-23-33)40-34(31-13-7-6-8-14-31)15-11-16-35-36(40)17-12-18-37(35)47-39-19-9-10-27-46-39/h6-8,12-14,17-18,20-23,39H,4-5,9-11,15-16,19,24-30H2,1-3H3. The van der Waals surface area contributed by atoms with E-state index in [0.717, 1.165) is 81.6 Å². The molecule has 0 spiro atoms. The van der Waals surface area contributed by atoms with Gasteiger partial charge in [0.2, 0.25) is 0 Å².